The SMILES string of the molecule is O=C(c1ccno1)N1CC[C@@]2(C[C@H](OCc3ccccc3)CO2)C1. The van der Waals surface area contributed by atoms with Gasteiger partial charge in [-0.3, -0.25) is 4.79 Å². The van der Waals surface area contributed by atoms with Gasteiger partial charge in [-0.1, -0.05) is 35.5 Å². The lowest BCUT2D eigenvalue weighted by Gasteiger charge is -2.22. The summed E-state index contributed by atoms with van der Waals surface area (Å²) < 4.78 is 17.0. The van der Waals surface area contributed by atoms with E-state index >= 15 is 0 Å². The Hall–Kier alpha value is -2.18. The maximum Gasteiger partial charge on any atom is 0.292 e. The molecule has 2 aliphatic rings. The van der Waals surface area contributed by atoms with Crippen molar-refractivity contribution in [1.82, 2.24) is 10.1 Å². The Bertz CT molecular complexity index is 688. The van der Waals surface area contributed by atoms with Gasteiger partial charge in [0.2, 0.25) is 5.76 Å². The van der Waals surface area contributed by atoms with Crippen LogP contribution in [0, 0.1) is 0 Å². The summed E-state index contributed by atoms with van der Waals surface area (Å²) in [6, 6.07) is 11.7. The van der Waals surface area contributed by atoms with Gasteiger partial charge in [-0.05, 0) is 12.0 Å². The lowest BCUT2D eigenvalue weighted by Crippen LogP contribution is -2.36. The van der Waals surface area contributed by atoms with Crippen molar-refractivity contribution in [1.29, 1.82) is 0 Å². The summed E-state index contributed by atoms with van der Waals surface area (Å²) in [7, 11) is 0. The van der Waals surface area contributed by atoms with Gasteiger partial charge in [-0.15, -0.1) is 0 Å². The van der Waals surface area contributed by atoms with Crippen LogP contribution in [0.25, 0.3) is 0 Å². The zero-order chi connectivity index (χ0) is 16.4. The summed E-state index contributed by atoms with van der Waals surface area (Å²) in [5.41, 5.74) is 0.879. The van der Waals surface area contributed by atoms with Gasteiger partial charge in [0.25, 0.3) is 5.91 Å². The number of amides is 1. The molecule has 1 aromatic heterocycles. The van der Waals surface area contributed by atoms with Gasteiger partial charge in [0.05, 0.1) is 37.7 Å². The van der Waals surface area contributed by atoms with Crippen molar-refractivity contribution < 1.29 is 18.8 Å². The van der Waals surface area contributed by atoms with E-state index in [-0.39, 0.29) is 23.4 Å². The molecule has 1 amide bonds. The minimum Gasteiger partial charge on any atom is -0.371 e. The fourth-order valence-electron chi connectivity index (χ4n) is 3.48. The molecule has 0 radical (unpaired) electrons. The number of ether oxygens (including phenoxy) is 2. The van der Waals surface area contributed by atoms with Crippen molar-refractivity contribution in [2.24, 2.45) is 0 Å². The van der Waals surface area contributed by atoms with Crippen LogP contribution in [0.1, 0.15) is 29.0 Å². The molecule has 3 heterocycles. The van der Waals surface area contributed by atoms with Crippen molar-refractivity contribution in [2.75, 3.05) is 19.7 Å². The number of carbonyl (C=O) groups is 1. The van der Waals surface area contributed by atoms with Crippen LogP contribution in [0.5, 0.6) is 0 Å². The fraction of sp³-hybridized carbons (Fsp3) is 0.444. The Labute approximate surface area is 140 Å². The first kappa shape index (κ1) is 15.4. The maximum absolute atomic E-state index is 12.3. The first-order valence-electron chi connectivity index (χ1n) is 8.24. The third kappa shape index (κ3) is 3.07. The number of likely N-dealkylation sites (tertiary alicyclic amines) is 1. The van der Waals surface area contributed by atoms with Gasteiger partial charge < -0.3 is 18.9 Å². The predicted molar refractivity (Wildman–Crippen MR) is 85.3 cm³/mol. The van der Waals surface area contributed by atoms with Crippen LogP contribution < -0.4 is 0 Å². The first-order chi connectivity index (χ1) is 11.7. The van der Waals surface area contributed by atoms with E-state index in [0.29, 0.717) is 26.3 Å². The molecule has 6 nitrogen and oxygen atoms in total. The van der Waals surface area contributed by atoms with E-state index in [1.165, 1.54) is 6.20 Å². The molecule has 0 aliphatic carbocycles. The maximum atomic E-state index is 12.3. The average molecular weight is 328 g/mol. The van der Waals surface area contributed by atoms with Gasteiger partial charge in [-0.25, -0.2) is 0 Å². The highest BCUT2D eigenvalue weighted by atomic mass is 16.6. The van der Waals surface area contributed by atoms with Crippen LogP contribution in [0.3, 0.4) is 0 Å². The molecule has 0 N–H and O–H groups in total. The zero-order valence-corrected chi connectivity index (χ0v) is 13.4. The van der Waals surface area contributed by atoms with Crippen LogP contribution in [0.4, 0.5) is 0 Å². The molecule has 2 fully saturated rings. The molecule has 24 heavy (non-hydrogen) atoms. The third-order valence-corrected chi connectivity index (χ3v) is 4.76. The minimum atomic E-state index is -0.281. The molecule has 6 heteroatoms. The lowest BCUT2D eigenvalue weighted by atomic mass is 9.98. The Kier molecular flexibility index (Phi) is 4.08. The first-order valence-corrected chi connectivity index (χ1v) is 8.24. The summed E-state index contributed by atoms with van der Waals surface area (Å²) in [6.07, 6.45) is 3.21. The van der Waals surface area contributed by atoms with Crippen molar-refractivity contribution in [3.63, 3.8) is 0 Å². The Balaban J connectivity index is 1.32. The van der Waals surface area contributed by atoms with E-state index in [4.69, 9.17) is 14.0 Å². The summed E-state index contributed by atoms with van der Waals surface area (Å²) in [5.74, 6) is 0.156. The molecule has 1 aromatic carbocycles. The molecular weight excluding hydrogens is 308 g/mol. The lowest BCUT2D eigenvalue weighted by molar-refractivity contribution is 0.0000650. The third-order valence-electron chi connectivity index (χ3n) is 4.76. The largest absolute Gasteiger partial charge is 0.371 e. The van der Waals surface area contributed by atoms with Crippen molar-refractivity contribution in [3.05, 3.63) is 53.9 Å². The molecule has 1 spiro atoms. The molecule has 2 atom stereocenters. The molecule has 0 bridgehead atoms. The van der Waals surface area contributed by atoms with E-state index in [0.717, 1.165) is 18.4 Å². The molecule has 2 aromatic rings. The second-order valence-electron chi connectivity index (χ2n) is 6.47. The van der Waals surface area contributed by atoms with E-state index in [1.807, 2.05) is 18.2 Å². The molecule has 0 saturated carbocycles. The minimum absolute atomic E-state index is 0.0746. The van der Waals surface area contributed by atoms with Gasteiger partial charge >= 0.3 is 0 Å². The quantitative estimate of drug-likeness (QED) is 0.861. The average Bonchev–Trinajstić information content (AvgIpc) is 3.36. The number of hydrogen-bond acceptors (Lipinski definition) is 5. The number of rotatable bonds is 4. The standard InChI is InChI=1S/C18H20N2O4/c21-17(16-6-8-19-24-16)20-9-7-18(13-20)10-15(12-23-18)22-11-14-4-2-1-3-5-14/h1-6,8,15H,7,9-13H2/t15-,18+/m0/s1. The van der Waals surface area contributed by atoms with Gasteiger partial charge in [0.15, 0.2) is 0 Å². The molecule has 2 saturated heterocycles. The van der Waals surface area contributed by atoms with Crippen molar-refractivity contribution in [2.45, 2.75) is 31.2 Å². The normalized spacial score (nSPS) is 26.3. The topological polar surface area (TPSA) is 64.8 Å². The van der Waals surface area contributed by atoms with Crippen LogP contribution in [0.15, 0.2) is 47.1 Å². The summed E-state index contributed by atoms with van der Waals surface area (Å²) in [5, 5.41) is 3.60. The summed E-state index contributed by atoms with van der Waals surface area (Å²) in [4.78, 5) is 14.1. The van der Waals surface area contributed by atoms with Crippen LogP contribution in [-0.2, 0) is 16.1 Å². The Morgan fingerprint density at radius 2 is 2.21 bits per heavy atom. The van der Waals surface area contributed by atoms with E-state index < -0.39 is 0 Å². The van der Waals surface area contributed by atoms with Gasteiger partial charge in [-0.2, -0.15) is 0 Å². The van der Waals surface area contributed by atoms with Crippen LogP contribution in [0.2, 0.25) is 0 Å². The van der Waals surface area contributed by atoms with E-state index in [1.54, 1.807) is 11.0 Å². The fourth-order valence-corrected chi connectivity index (χ4v) is 3.48. The molecular formula is C18H20N2O4. The predicted octanol–water partition coefficient (Wildman–Crippen LogP) is 2.27. The smallest absolute Gasteiger partial charge is 0.292 e. The number of nitrogens with zero attached hydrogens (tertiary/aromatic N) is 2. The molecule has 0 unspecified atom stereocenters. The number of hydrogen-bond donors (Lipinski definition) is 0. The van der Waals surface area contributed by atoms with E-state index in [9.17, 15) is 4.79 Å². The number of benzene rings is 1. The van der Waals surface area contributed by atoms with Crippen LogP contribution >= 0.6 is 0 Å². The Morgan fingerprint density at radius 1 is 1.33 bits per heavy atom. The van der Waals surface area contributed by atoms with Crippen molar-refractivity contribution >= 4 is 5.91 Å². The number of aromatic nitrogens is 1. The highest BCUT2D eigenvalue weighted by Gasteiger charge is 2.47. The summed E-state index contributed by atoms with van der Waals surface area (Å²) >= 11 is 0. The summed E-state index contributed by atoms with van der Waals surface area (Å²) in [6.45, 7) is 2.42. The zero-order valence-electron chi connectivity index (χ0n) is 13.4. The second kappa shape index (κ2) is 6.37. The highest BCUT2D eigenvalue weighted by molar-refractivity contribution is 5.91. The second-order valence-corrected chi connectivity index (χ2v) is 6.47. The Morgan fingerprint density at radius 3 is 3.00 bits per heavy atom. The van der Waals surface area contributed by atoms with Crippen molar-refractivity contribution in [3.8, 4) is 0 Å². The highest BCUT2D eigenvalue weighted by Crippen LogP contribution is 2.37. The van der Waals surface area contributed by atoms with Gasteiger partial charge in [0, 0.05) is 19.0 Å². The van der Waals surface area contributed by atoms with Crippen LogP contribution in [-0.4, -0.2) is 47.4 Å². The monoisotopic (exact) mass is 328 g/mol. The molecule has 4 rings (SSSR count). The number of carbonyl (C=O) groups excluding carboxylic acids is 1. The molecule has 2 aliphatic heterocycles. The molecule has 126 valence electrons. The van der Waals surface area contributed by atoms with E-state index in [2.05, 4.69) is 17.3 Å². The van der Waals surface area contributed by atoms with Gasteiger partial charge in [0.1, 0.15) is 0 Å².